The Labute approximate surface area is 279 Å². The molecule has 2 fully saturated rings. The van der Waals surface area contributed by atoms with Crippen LogP contribution in [0.25, 0.3) is 10.9 Å². The number of thioether (sulfide) groups is 1. The first-order valence-corrected chi connectivity index (χ1v) is 17.1. The molecular formula is C33H45N5O6S2. The number of aromatic nitrogens is 1. The number of ether oxygens (including phenoxy) is 1. The highest BCUT2D eigenvalue weighted by Gasteiger charge is 2.43. The Balaban J connectivity index is 1.48. The number of urea groups is 1. The van der Waals surface area contributed by atoms with Crippen molar-refractivity contribution in [1.29, 1.82) is 0 Å². The van der Waals surface area contributed by atoms with Crippen molar-refractivity contribution in [3.63, 3.8) is 0 Å². The Kier molecular flexibility index (Phi) is 11.5. The summed E-state index contributed by atoms with van der Waals surface area (Å²) in [4.78, 5) is 62.5. The lowest BCUT2D eigenvalue weighted by Crippen LogP contribution is -2.59. The number of benzene rings is 1. The maximum Gasteiger partial charge on any atom is 0.329 e. The average molecular weight is 672 g/mol. The molecule has 0 aliphatic carbocycles. The summed E-state index contributed by atoms with van der Waals surface area (Å²) in [6.45, 7) is 8.63. The summed E-state index contributed by atoms with van der Waals surface area (Å²) in [5.41, 5.74) is 0.921. The Bertz CT molecular complexity index is 1490. The van der Waals surface area contributed by atoms with Crippen LogP contribution in [0.1, 0.15) is 64.9 Å². The van der Waals surface area contributed by atoms with E-state index in [2.05, 4.69) is 27.8 Å². The Morgan fingerprint density at radius 1 is 1.17 bits per heavy atom. The van der Waals surface area contributed by atoms with Gasteiger partial charge in [0.25, 0.3) is 5.91 Å². The van der Waals surface area contributed by atoms with Gasteiger partial charge in [0.05, 0.1) is 12.1 Å². The number of esters is 1. The molecule has 4 rings (SSSR count). The number of para-hydroxylation sites is 1. The molecule has 0 spiro atoms. The van der Waals surface area contributed by atoms with Gasteiger partial charge in [-0.3, -0.25) is 14.4 Å². The van der Waals surface area contributed by atoms with Crippen LogP contribution in [0.4, 0.5) is 4.79 Å². The molecule has 0 radical (unpaired) electrons. The summed E-state index contributed by atoms with van der Waals surface area (Å²) in [6.07, 6.45) is 5.46. The van der Waals surface area contributed by atoms with Crippen LogP contribution >= 0.6 is 24.4 Å². The van der Waals surface area contributed by atoms with Gasteiger partial charge >= 0.3 is 12.0 Å². The van der Waals surface area contributed by atoms with Gasteiger partial charge in [-0.15, -0.1) is 12.6 Å². The van der Waals surface area contributed by atoms with Gasteiger partial charge in [-0.05, 0) is 57.7 Å². The SMILES string of the molecule is C=CC(=O)CC[C@H](NC(=O)C(S)(Cc1cn(C)c2ccccc12)NC(=O)CCCC[C@@H]1SC[C@@H]2NC(=O)N[C@@H]21)C(=O)OC(C)(C)C. The standard InChI is InChI=1S/C33H45N5O6S2/c1-6-21(39)15-16-23(29(41)44-32(2,3)4)34-30(42)33(45,17-20-18-38(5)25-12-8-7-11-22(20)25)37-27(40)14-10-9-13-26-28-24(19-46-26)35-31(43)36-28/h6-8,11-12,18,23-24,26,28,45H,1,9-10,13-17,19H2,2-5H3,(H,34,42)(H,37,40)(H2,35,36,43)/t23-,24-,26-,28-,33?/m0/s1. The third kappa shape index (κ3) is 9.09. The first kappa shape index (κ1) is 35.4. The lowest BCUT2D eigenvalue weighted by atomic mass is 10.0. The minimum Gasteiger partial charge on any atom is -0.458 e. The number of ketones is 1. The van der Waals surface area contributed by atoms with E-state index >= 15 is 0 Å². The quantitative estimate of drug-likeness (QED) is 0.0486. The fourth-order valence-electron chi connectivity index (χ4n) is 5.88. The second-order valence-corrected chi connectivity index (χ2v) is 15.0. The van der Waals surface area contributed by atoms with Crippen LogP contribution in [0.15, 0.2) is 43.1 Å². The third-order valence-electron chi connectivity index (χ3n) is 8.13. The van der Waals surface area contributed by atoms with Gasteiger partial charge in [0.1, 0.15) is 11.6 Å². The van der Waals surface area contributed by atoms with E-state index in [0.29, 0.717) is 6.42 Å². The molecule has 1 aromatic heterocycles. The van der Waals surface area contributed by atoms with Gasteiger partial charge in [0.15, 0.2) is 10.7 Å². The number of carbonyl (C=O) groups excluding carboxylic acids is 5. The van der Waals surface area contributed by atoms with Crippen LogP contribution in [-0.4, -0.2) is 73.8 Å². The van der Waals surface area contributed by atoms with Crippen molar-refractivity contribution in [3.8, 4) is 0 Å². The number of fused-ring (bicyclic) bond motifs is 2. The van der Waals surface area contributed by atoms with E-state index in [9.17, 15) is 24.0 Å². The zero-order valence-corrected chi connectivity index (χ0v) is 28.6. The van der Waals surface area contributed by atoms with E-state index in [1.165, 1.54) is 6.08 Å². The minimum atomic E-state index is -1.72. The summed E-state index contributed by atoms with van der Waals surface area (Å²) in [7, 11) is 1.90. The van der Waals surface area contributed by atoms with E-state index in [1.807, 2.05) is 53.8 Å². The minimum absolute atomic E-state index is 0.00537. The molecule has 250 valence electrons. The van der Waals surface area contributed by atoms with Crippen molar-refractivity contribution in [2.24, 2.45) is 7.05 Å². The van der Waals surface area contributed by atoms with E-state index in [0.717, 1.165) is 35.1 Å². The molecule has 46 heavy (non-hydrogen) atoms. The Morgan fingerprint density at radius 2 is 1.91 bits per heavy atom. The fraction of sp³-hybridized carbons (Fsp3) is 0.545. The first-order chi connectivity index (χ1) is 21.7. The van der Waals surface area contributed by atoms with Crippen LogP contribution in [-0.2, 0) is 37.4 Å². The summed E-state index contributed by atoms with van der Waals surface area (Å²) >= 11 is 6.60. The van der Waals surface area contributed by atoms with Crippen LogP contribution in [0.2, 0.25) is 0 Å². The Hall–Kier alpha value is -3.45. The van der Waals surface area contributed by atoms with Gasteiger partial charge in [0, 0.05) is 54.4 Å². The zero-order valence-electron chi connectivity index (χ0n) is 26.9. The molecule has 2 aliphatic heterocycles. The van der Waals surface area contributed by atoms with Crippen molar-refractivity contribution in [3.05, 3.63) is 48.7 Å². The summed E-state index contributed by atoms with van der Waals surface area (Å²) < 4.78 is 7.49. The zero-order chi connectivity index (χ0) is 33.6. The van der Waals surface area contributed by atoms with Crippen molar-refractivity contribution in [2.75, 3.05) is 5.75 Å². The predicted molar refractivity (Wildman–Crippen MR) is 183 cm³/mol. The number of hydrogen-bond donors (Lipinski definition) is 5. The highest BCUT2D eigenvalue weighted by atomic mass is 32.2. The van der Waals surface area contributed by atoms with Gasteiger partial charge < -0.3 is 30.6 Å². The molecule has 0 bridgehead atoms. The van der Waals surface area contributed by atoms with Crippen molar-refractivity contribution in [1.82, 2.24) is 25.8 Å². The number of nitrogens with one attached hydrogen (secondary N) is 4. The number of unbranched alkanes of at least 4 members (excludes halogenated alkanes) is 1. The number of carbonyl (C=O) groups is 5. The van der Waals surface area contributed by atoms with Gasteiger partial charge in [-0.2, -0.15) is 11.8 Å². The number of aryl methyl sites for hydroxylation is 1. The summed E-state index contributed by atoms with van der Waals surface area (Å²) in [5.74, 6) is -1.13. The van der Waals surface area contributed by atoms with E-state index in [4.69, 9.17) is 17.4 Å². The van der Waals surface area contributed by atoms with Crippen molar-refractivity contribution in [2.45, 2.75) is 99.6 Å². The largest absolute Gasteiger partial charge is 0.458 e. The van der Waals surface area contributed by atoms with Gasteiger partial charge in [0.2, 0.25) is 5.91 Å². The molecule has 3 heterocycles. The maximum absolute atomic E-state index is 14.0. The number of rotatable bonds is 15. The third-order valence-corrected chi connectivity index (χ3v) is 10.1. The molecule has 0 saturated carbocycles. The number of hydrogen-bond acceptors (Lipinski definition) is 8. The van der Waals surface area contributed by atoms with E-state index < -0.39 is 28.4 Å². The molecule has 2 aromatic rings. The molecule has 13 heteroatoms. The topological polar surface area (TPSA) is 148 Å². The average Bonchev–Trinajstić information content (AvgIpc) is 3.64. The van der Waals surface area contributed by atoms with Crippen LogP contribution in [0.3, 0.4) is 0 Å². The second-order valence-electron chi connectivity index (χ2n) is 13.0. The smallest absolute Gasteiger partial charge is 0.329 e. The number of amides is 4. The number of thiol groups is 1. The highest BCUT2D eigenvalue weighted by Crippen LogP contribution is 2.33. The first-order valence-electron chi connectivity index (χ1n) is 15.6. The van der Waals surface area contributed by atoms with Crippen molar-refractivity contribution < 1.29 is 28.7 Å². The maximum atomic E-state index is 14.0. The van der Waals surface area contributed by atoms with Crippen LogP contribution in [0, 0.1) is 0 Å². The fourth-order valence-corrected chi connectivity index (χ4v) is 7.78. The summed E-state index contributed by atoms with van der Waals surface area (Å²) in [6, 6.07) is 6.69. The molecule has 4 amide bonds. The molecule has 2 aliphatic rings. The summed E-state index contributed by atoms with van der Waals surface area (Å²) in [5, 5.41) is 12.7. The van der Waals surface area contributed by atoms with E-state index in [1.54, 1.807) is 20.8 Å². The highest BCUT2D eigenvalue weighted by molar-refractivity contribution is 8.00. The monoisotopic (exact) mass is 671 g/mol. The number of nitrogens with zero attached hydrogens (tertiary/aromatic N) is 1. The molecule has 1 aromatic carbocycles. The van der Waals surface area contributed by atoms with Crippen molar-refractivity contribution >= 4 is 64.9 Å². The molecule has 11 nitrogen and oxygen atoms in total. The van der Waals surface area contributed by atoms with Gasteiger partial charge in [-0.1, -0.05) is 31.2 Å². The molecule has 5 atom stereocenters. The lowest BCUT2D eigenvalue weighted by molar-refractivity contribution is -0.159. The van der Waals surface area contributed by atoms with Crippen LogP contribution in [0.5, 0.6) is 0 Å². The molecule has 4 N–H and O–H groups in total. The number of allylic oxidation sites excluding steroid dienone is 1. The Morgan fingerprint density at radius 3 is 2.63 bits per heavy atom. The van der Waals surface area contributed by atoms with Crippen LogP contribution < -0.4 is 21.3 Å². The van der Waals surface area contributed by atoms with E-state index in [-0.39, 0.29) is 60.7 Å². The normalized spacial score (nSPS) is 21.0. The molecule has 1 unspecified atom stereocenters. The molecular weight excluding hydrogens is 627 g/mol. The lowest BCUT2D eigenvalue weighted by Gasteiger charge is -2.31. The predicted octanol–water partition coefficient (Wildman–Crippen LogP) is 3.55. The van der Waals surface area contributed by atoms with Gasteiger partial charge in [-0.25, -0.2) is 9.59 Å². The molecule has 2 saturated heterocycles. The second kappa shape index (κ2) is 15.0.